The van der Waals surface area contributed by atoms with Gasteiger partial charge in [-0.2, -0.15) is 0 Å². The van der Waals surface area contributed by atoms with E-state index in [1.807, 2.05) is 13.8 Å². The number of nitrogens with zero attached hydrogens (tertiary/aromatic N) is 1. The maximum atomic E-state index is 13.1. The van der Waals surface area contributed by atoms with Crippen molar-refractivity contribution in [3.05, 3.63) is 23.8 Å². The number of hydrogen-bond donors (Lipinski definition) is 1. The highest BCUT2D eigenvalue weighted by Crippen LogP contribution is 2.32. The fourth-order valence-corrected chi connectivity index (χ4v) is 3.54. The van der Waals surface area contributed by atoms with Gasteiger partial charge in [-0.25, -0.2) is 4.79 Å². The van der Waals surface area contributed by atoms with Crippen LogP contribution in [0.25, 0.3) is 0 Å². The molecule has 148 valence electrons. The van der Waals surface area contributed by atoms with E-state index in [0.717, 1.165) is 6.42 Å². The molecule has 0 radical (unpaired) electrons. The van der Waals surface area contributed by atoms with Crippen molar-refractivity contribution in [2.24, 2.45) is 0 Å². The Bertz CT molecular complexity index is 699. The molecule has 0 aromatic heterocycles. The van der Waals surface area contributed by atoms with Crippen LogP contribution in [0.15, 0.2) is 18.2 Å². The second-order valence-electron chi connectivity index (χ2n) is 6.88. The zero-order chi connectivity index (χ0) is 19.4. The van der Waals surface area contributed by atoms with Gasteiger partial charge in [-0.15, -0.1) is 0 Å². The molecule has 0 bridgehead atoms. The molecule has 3 rings (SSSR count). The molecule has 1 spiro atoms. The molecule has 2 aliphatic heterocycles. The number of amides is 1. The average molecular weight is 379 g/mol. The highest BCUT2D eigenvalue weighted by Gasteiger charge is 2.44. The van der Waals surface area contributed by atoms with Crippen LogP contribution in [0.3, 0.4) is 0 Å². The molecule has 8 heteroatoms. The Morgan fingerprint density at radius 2 is 2.15 bits per heavy atom. The summed E-state index contributed by atoms with van der Waals surface area (Å²) in [4.78, 5) is 25.6. The minimum Gasteiger partial charge on any atom is -0.490 e. The summed E-state index contributed by atoms with van der Waals surface area (Å²) in [6.07, 6.45) is 0.696. The lowest BCUT2D eigenvalue weighted by molar-refractivity contribution is -0.139. The molecule has 2 unspecified atom stereocenters. The third kappa shape index (κ3) is 4.51. The van der Waals surface area contributed by atoms with E-state index in [-0.39, 0.29) is 12.0 Å². The van der Waals surface area contributed by atoms with Gasteiger partial charge in [0.2, 0.25) is 0 Å². The number of benzene rings is 1. The van der Waals surface area contributed by atoms with E-state index in [0.29, 0.717) is 50.0 Å². The summed E-state index contributed by atoms with van der Waals surface area (Å²) in [5.41, 5.74) is 0.0324. The molecule has 0 saturated carbocycles. The quantitative estimate of drug-likeness (QED) is 0.802. The first-order valence-electron chi connectivity index (χ1n) is 9.09. The molecule has 2 heterocycles. The lowest BCUT2D eigenvalue weighted by Crippen LogP contribution is -2.57. The third-order valence-corrected chi connectivity index (χ3v) is 4.60. The smallest absolute Gasteiger partial charge is 0.341 e. The van der Waals surface area contributed by atoms with Crippen molar-refractivity contribution in [3.8, 4) is 11.5 Å². The highest BCUT2D eigenvalue weighted by atomic mass is 16.6. The van der Waals surface area contributed by atoms with Crippen LogP contribution >= 0.6 is 0 Å². The Labute approximate surface area is 157 Å². The van der Waals surface area contributed by atoms with Crippen LogP contribution in [-0.4, -0.2) is 73.1 Å². The SMILES string of the molecule is CCOc1cc(C(=O)N2CC(C)OC3(CCOC3)C2)ccc1OCC(=O)O. The molecular weight excluding hydrogens is 354 g/mol. The molecule has 8 nitrogen and oxygen atoms in total. The summed E-state index contributed by atoms with van der Waals surface area (Å²) in [6, 6.07) is 4.79. The number of carbonyl (C=O) groups excluding carboxylic acids is 1. The lowest BCUT2D eigenvalue weighted by Gasteiger charge is -2.42. The van der Waals surface area contributed by atoms with Gasteiger partial charge in [0.25, 0.3) is 5.91 Å². The van der Waals surface area contributed by atoms with Crippen molar-refractivity contribution in [3.63, 3.8) is 0 Å². The van der Waals surface area contributed by atoms with Crippen LogP contribution in [0.1, 0.15) is 30.6 Å². The molecule has 2 atom stereocenters. The normalized spacial score (nSPS) is 24.8. The second-order valence-corrected chi connectivity index (χ2v) is 6.88. The maximum Gasteiger partial charge on any atom is 0.341 e. The Kier molecular flexibility index (Phi) is 5.86. The summed E-state index contributed by atoms with van der Waals surface area (Å²) in [5, 5.41) is 8.79. The monoisotopic (exact) mass is 379 g/mol. The molecule has 1 amide bonds. The fraction of sp³-hybridized carbons (Fsp3) is 0.579. The highest BCUT2D eigenvalue weighted by molar-refractivity contribution is 5.95. The van der Waals surface area contributed by atoms with E-state index in [1.165, 1.54) is 0 Å². The van der Waals surface area contributed by atoms with Gasteiger partial charge in [0, 0.05) is 25.1 Å². The fourth-order valence-electron chi connectivity index (χ4n) is 3.54. The first kappa shape index (κ1) is 19.4. The van der Waals surface area contributed by atoms with Gasteiger partial charge in [0.05, 0.1) is 25.9 Å². The molecule has 1 aromatic rings. The minimum atomic E-state index is -1.08. The molecule has 2 fully saturated rings. The Balaban J connectivity index is 1.78. The van der Waals surface area contributed by atoms with Gasteiger partial charge >= 0.3 is 5.97 Å². The number of hydrogen-bond acceptors (Lipinski definition) is 6. The number of morpholine rings is 1. The average Bonchev–Trinajstić information content (AvgIpc) is 3.06. The molecule has 1 aromatic carbocycles. The van der Waals surface area contributed by atoms with E-state index < -0.39 is 18.2 Å². The number of rotatable bonds is 6. The molecule has 27 heavy (non-hydrogen) atoms. The number of ether oxygens (including phenoxy) is 4. The van der Waals surface area contributed by atoms with Crippen molar-refractivity contribution in [1.82, 2.24) is 4.90 Å². The molecule has 2 aliphatic rings. The van der Waals surface area contributed by atoms with E-state index in [9.17, 15) is 9.59 Å². The van der Waals surface area contributed by atoms with Crippen LogP contribution in [0.2, 0.25) is 0 Å². The van der Waals surface area contributed by atoms with Gasteiger partial charge in [-0.1, -0.05) is 0 Å². The van der Waals surface area contributed by atoms with E-state index in [2.05, 4.69) is 0 Å². The van der Waals surface area contributed by atoms with Gasteiger partial charge < -0.3 is 29.0 Å². The topological polar surface area (TPSA) is 94.5 Å². The predicted octanol–water partition coefficient (Wildman–Crippen LogP) is 1.57. The van der Waals surface area contributed by atoms with Crippen molar-refractivity contribution in [2.45, 2.75) is 32.0 Å². The van der Waals surface area contributed by atoms with Crippen molar-refractivity contribution in [2.75, 3.05) is 39.5 Å². The molecular formula is C19H25NO7. The zero-order valence-corrected chi connectivity index (χ0v) is 15.6. The van der Waals surface area contributed by atoms with Gasteiger partial charge in [0.15, 0.2) is 18.1 Å². The van der Waals surface area contributed by atoms with Gasteiger partial charge in [-0.05, 0) is 32.0 Å². The van der Waals surface area contributed by atoms with E-state index in [1.54, 1.807) is 23.1 Å². The largest absolute Gasteiger partial charge is 0.490 e. The molecule has 1 N–H and O–H groups in total. The van der Waals surface area contributed by atoms with E-state index in [4.69, 9.17) is 24.1 Å². The Morgan fingerprint density at radius 1 is 1.33 bits per heavy atom. The minimum absolute atomic E-state index is 0.0751. The zero-order valence-electron chi connectivity index (χ0n) is 15.6. The van der Waals surface area contributed by atoms with Gasteiger partial charge in [-0.3, -0.25) is 4.79 Å². The number of carbonyl (C=O) groups is 2. The van der Waals surface area contributed by atoms with Crippen molar-refractivity contribution >= 4 is 11.9 Å². The summed E-state index contributed by atoms with van der Waals surface area (Å²) in [5.74, 6) is -0.553. The summed E-state index contributed by atoms with van der Waals surface area (Å²) < 4.78 is 22.3. The molecule has 2 saturated heterocycles. The van der Waals surface area contributed by atoms with Crippen LogP contribution in [0.5, 0.6) is 11.5 Å². The Hall–Kier alpha value is -2.32. The van der Waals surface area contributed by atoms with Gasteiger partial charge in [0.1, 0.15) is 5.60 Å². The summed E-state index contributed by atoms with van der Waals surface area (Å²) in [6.45, 7) is 5.77. The summed E-state index contributed by atoms with van der Waals surface area (Å²) in [7, 11) is 0. The second kappa shape index (κ2) is 8.14. The number of carboxylic acid groups (broad SMARTS) is 1. The maximum absolute atomic E-state index is 13.1. The first-order chi connectivity index (χ1) is 12.9. The standard InChI is InChI=1S/C19H25NO7/c1-3-25-16-8-14(4-5-15(16)26-10-17(21)22)18(23)20-9-13(2)27-19(11-20)6-7-24-12-19/h4-5,8,13H,3,6-7,9-12H2,1-2H3,(H,21,22). The first-order valence-corrected chi connectivity index (χ1v) is 9.09. The van der Waals surface area contributed by atoms with Crippen LogP contribution in [-0.2, 0) is 14.3 Å². The Morgan fingerprint density at radius 3 is 2.81 bits per heavy atom. The van der Waals surface area contributed by atoms with Crippen LogP contribution < -0.4 is 9.47 Å². The lowest BCUT2D eigenvalue weighted by atomic mass is 9.98. The number of aliphatic carboxylic acids is 1. The third-order valence-electron chi connectivity index (χ3n) is 4.60. The number of carboxylic acids is 1. The molecule has 0 aliphatic carbocycles. The van der Waals surface area contributed by atoms with Crippen molar-refractivity contribution in [1.29, 1.82) is 0 Å². The van der Waals surface area contributed by atoms with E-state index >= 15 is 0 Å². The van der Waals surface area contributed by atoms with Crippen LogP contribution in [0, 0.1) is 0 Å². The van der Waals surface area contributed by atoms with Crippen molar-refractivity contribution < 1.29 is 33.6 Å². The predicted molar refractivity (Wildman–Crippen MR) is 95.4 cm³/mol. The summed E-state index contributed by atoms with van der Waals surface area (Å²) >= 11 is 0. The van der Waals surface area contributed by atoms with Crippen LogP contribution in [0.4, 0.5) is 0 Å².